The number of aryl methyl sites for hydroxylation is 1. The topological polar surface area (TPSA) is 43.4 Å². The third kappa shape index (κ3) is 20.2. The highest BCUT2D eigenvalue weighted by Gasteiger charge is 2.14. The first-order valence-corrected chi connectivity index (χ1v) is 15.4. The van der Waals surface area contributed by atoms with Gasteiger partial charge in [0.1, 0.15) is 0 Å². The monoisotopic (exact) mass is 540 g/mol. The zero-order chi connectivity index (χ0) is 28.3. The summed E-state index contributed by atoms with van der Waals surface area (Å²) in [6.45, 7) is 4.28. The molecule has 0 heterocycles. The van der Waals surface area contributed by atoms with E-state index in [1.807, 2.05) is 6.92 Å². The quantitative estimate of drug-likeness (QED) is 0.126. The highest BCUT2D eigenvalue weighted by atomic mass is 32.2. The molecule has 0 unspecified atom stereocenters. The summed E-state index contributed by atoms with van der Waals surface area (Å²) in [7, 11) is -3.71. The van der Waals surface area contributed by atoms with Crippen LogP contribution in [0.4, 0.5) is 0 Å². The van der Waals surface area contributed by atoms with E-state index in [0.29, 0.717) is 12.8 Å². The average molecular weight is 541 g/mol. The summed E-state index contributed by atoms with van der Waals surface area (Å²) in [4.78, 5) is 0.171. The summed E-state index contributed by atoms with van der Waals surface area (Å²) in [6, 6.07) is 6.59. The van der Waals surface area contributed by atoms with E-state index in [-0.39, 0.29) is 11.5 Å². The van der Waals surface area contributed by atoms with Crippen molar-refractivity contribution in [1.29, 1.82) is 0 Å². The van der Waals surface area contributed by atoms with Gasteiger partial charge >= 0.3 is 0 Å². The fraction of sp³-hybridized carbons (Fsp3) is 0.486. The second-order valence-corrected chi connectivity index (χ2v) is 10.7. The summed E-state index contributed by atoms with van der Waals surface area (Å²) in [5.41, 5.74) is 0.995. The normalized spacial score (nSPS) is 9.38. The van der Waals surface area contributed by atoms with Crippen LogP contribution in [-0.4, -0.2) is 15.0 Å². The van der Waals surface area contributed by atoms with Gasteiger partial charge in [0.2, 0.25) is 0 Å². The molecule has 0 atom stereocenters. The fourth-order valence-corrected chi connectivity index (χ4v) is 4.36. The molecule has 204 valence electrons. The molecule has 3 nitrogen and oxygen atoms in total. The van der Waals surface area contributed by atoms with Crippen molar-refractivity contribution in [1.82, 2.24) is 0 Å². The van der Waals surface area contributed by atoms with E-state index in [1.165, 1.54) is 57.8 Å². The molecule has 0 aliphatic carbocycles. The number of hydrogen-bond donors (Lipinski definition) is 0. The molecule has 0 saturated heterocycles. The predicted molar refractivity (Wildman–Crippen MR) is 161 cm³/mol. The van der Waals surface area contributed by atoms with Crippen molar-refractivity contribution in [2.75, 3.05) is 6.61 Å². The van der Waals surface area contributed by atoms with Crippen LogP contribution in [0.2, 0.25) is 0 Å². The molecular weight excluding hydrogens is 500 g/mol. The summed E-state index contributed by atoms with van der Waals surface area (Å²) in [5.74, 6) is 32.7. The molecule has 0 spiro atoms. The molecule has 0 aromatic heterocycles. The van der Waals surface area contributed by atoms with Crippen molar-refractivity contribution in [3.63, 3.8) is 0 Å². The maximum absolute atomic E-state index is 12.1. The Labute approximate surface area is 238 Å². The largest absolute Gasteiger partial charge is 0.296 e. The average Bonchev–Trinajstić information content (AvgIpc) is 2.93. The van der Waals surface area contributed by atoms with Crippen LogP contribution in [0.15, 0.2) is 29.2 Å². The molecule has 0 aliphatic heterocycles. The van der Waals surface area contributed by atoms with E-state index >= 15 is 0 Å². The summed E-state index contributed by atoms with van der Waals surface area (Å²) in [6.07, 6.45) is 16.0. The van der Waals surface area contributed by atoms with E-state index in [2.05, 4.69) is 78.0 Å². The van der Waals surface area contributed by atoms with Crippen molar-refractivity contribution >= 4 is 10.1 Å². The SMILES string of the molecule is CCCCCCCCCCCCC#CC#CC#CC#CC#CC#CCCCCOS(=O)(=O)c1ccc(C)cc1. The van der Waals surface area contributed by atoms with Crippen LogP contribution < -0.4 is 0 Å². The molecule has 0 aliphatic rings. The highest BCUT2D eigenvalue weighted by molar-refractivity contribution is 7.86. The summed E-state index contributed by atoms with van der Waals surface area (Å²) < 4.78 is 29.2. The fourth-order valence-electron chi connectivity index (χ4n) is 3.42. The molecule has 0 fully saturated rings. The van der Waals surface area contributed by atoms with Gasteiger partial charge in [-0.25, -0.2) is 0 Å². The van der Waals surface area contributed by atoms with E-state index in [0.717, 1.165) is 24.8 Å². The Bertz CT molecular complexity index is 1320. The number of benzene rings is 1. The van der Waals surface area contributed by atoms with Gasteiger partial charge in [-0.3, -0.25) is 4.18 Å². The molecule has 1 aromatic rings. The minimum atomic E-state index is -3.71. The van der Waals surface area contributed by atoms with Crippen LogP contribution >= 0.6 is 0 Å². The number of rotatable bonds is 16. The zero-order valence-corrected chi connectivity index (χ0v) is 24.4. The van der Waals surface area contributed by atoms with Crippen LogP contribution in [0, 0.1) is 78.0 Å². The Morgan fingerprint density at radius 1 is 0.564 bits per heavy atom. The minimum absolute atomic E-state index is 0.127. The van der Waals surface area contributed by atoms with Gasteiger partial charge in [0.05, 0.1) is 11.5 Å². The Balaban J connectivity index is 2.08. The lowest BCUT2D eigenvalue weighted by molar-refractivity contribution is 0.309. The summed E-state index contributed by atoms with van der Waals surface area (Å²) >= 11 is 0. The number of hydrogen-bond acceptors (Lipinski definition) is 3. The van der Waals surface area contributed by atoms with Gasteiger partial charge in [-0.1, -0.05) is 94.2 Å². The smallest absolute Gasteiger partial charge is 0.266 e. The van der Waals surface area contributed by atoms with Gasteiger partial charge in [0.15, 0.2) is 0 Å². The standard InChI is InChI=1S/C35H40O3S/c1-3-4-5-6-7-8-9-10-11-12-13-14-15-16-17-18-19-20-21-22-23-24-25-26-27-28-33-38-39(36,37)35-31-29-34(2)30-32-35/h29-32H,3-13,26-28,33H2,1-2H3. The zero-order valence-electron chi connectivity index (χ0n) is 23.5. The Hall–Kier alpha value is -3.51. The molecular formula is C35H40O3S. The van der Waals surface area contributed by atoms with Crippen molar-refractivity contribution in [3.05, 3.63) is 29.8 Å². The first-order valence-electron chi connectivity index (χ1n) is 14.0. The molecule has 0 bridgehead atoms. The molecule has 0 saturated carbocycles. The molecule has 39 heavy (non-hydrogen) atoms. The second-order valence-electron chi connectivity index (χ2n) is 9.08. The molecule has 0 radical (unpaired) electrons. The Morgan fingerprint density at radius 2 is 0.974 bits per heavy atom. The van der Waals surface area contributed by atoms with Crippen molar-refractivity contribution in [2.45, 2.75) is 109 Å². The predicted octanol–water partition coefficient (Wildman–Crippen LogP) is 7.20. The lowest BCUT2D eigenvalue weighted by Gasteiger charge is -2.05. The molecule has 0 N–H and O–H groups in total. The maximum atomic E-state index is 12.1. The van der Waals surface area contributed by atoms with Crippen LogP contribution in [-0.2, 0) is 14.3 Å². The van der Waals surface area contributed by atoms with Crippen molar-refractivity contribution in [3.8, 4) is 71.0 Å². The highest BCUT2D eigenvalue weighted by Crippen LogP contribution is 2.14. The van der Waals surface area contributed by atoms with E-state index < -0.39 is 10.1 Å². The molecule has 1 rings (SSSR count). The van der Waals surface area contributed by atoms with Gasteiger partial charge in [-0.05, 0) is 97.5 Å². The lowest BCUT2D eigenvalue weighted by Crippen LogP contribution is -2.07. The van der Waals surface area contributed by atoms with Gasteiger partial charge in [-0.15, -0.1) is 0 Å². The number of unbranched alkanes of at least 4 members (excludes halogenated alkanes) is 12. The lowest BCUT2D eigenvalue weighted by atomic mass is 10.1. The molecule has 4 heteroatoms. The first-order chi connectivity index (χ1) is 19.1. The van der Waals surface area contributed by atoms with Gasteiger partial charge in [0.25, 0.3) is 10.1 Å². The first kappa shape index (κ1) is 33.5. The second kappa shape index (κ2) is 23.6. The Morgan fingerprint density at radius 3 is 1.46 bits per heavy atom. The third-order valence-electron chi connectivity index (χ3n) is 5.64. The summed E-state index contributed by atoms with van der Waals surface area (Å²) in [5, 5.41) is 0. The molecule has 0 amide bonds. The van der Waals surface area contributed by atoms with Crippen LogP contribution in [0.5, 0.6) is 0 Å². The van der Waals surface area contributed by atoms with Crippen molar-refractivity contribution < 1.29 is 12.6 Å². The third-order valence-corrected chi connectivity index (χ3v) is 6.97. The van der Waals surface area contributed by atoms with E-state index in [4.69, 9.17) is 4.18 Å². The van der Waals surface area contributed by atoms with Crippen molar-refractivity contribution in [2.24, 2.45) is 0 Å². The van der Waals surface area contributed by atoms with E-state index in [9.17, 15) is 8.42 Å². The van der Waals surface area contributed by atoms with E-state index in [1.54, 1.807) is 24.3 Å². The maximum Gasteiger partial charge on any atom is 0.296 e. The van der Waals surface area contributed by atoms with Crippen LogP contribution in [0.3, 0.4) is 0 Å². The van der Waals surface area contributed by atoms with Gasteiger partial charge in [0, 0.05) is 12.8 Å². The minimum Gasteiger partial charge on any atom is -0.266 e. The molecule has 1 aromatic carbocycles. The van der Waals surface area contributed by atoms with Gasteiger partial charge in [-0.2, -0.15) is 8.42 Å². The van der Waals surface area contributed by atoms with Crippen LogP contribution in [0.1, 0.15) is 102 Å². The van der Waals surface area contributed by atoms with Crippen LogP contribution in [0.25, 0.3) is 0 Å². The Kier molecular flexibility index (Phi) is 20.3. The van der Waals surface area contributed by atoms with Gasteiger partial charge < -0.3 is 0 Å².